The highest BCUT2D eigenvalue weighted by Gasteiger charge is 2.17. The fraction of sp³-hybridized carbons (Fsp3) is 0.423. The van der Waals surface area contributed by atoms with Crippen molar-refractivity contribution in [2.75, 3.05) is 26.2 Å². The van der Waals surface area contributed by atoms with Gasteiger partial charge < -0.3 is 19.3 Å². The first-order chi connectivity index (χ1) is 16.4. The molecule has 1 saturated heterocycles. The third-order valence-electron chi connectivity index (χ3n) is 6.03. The van der Waals surface area contributed by atoms with E-state index in [0.29, 0.717) is 5.69 Å². The van der Waals surface area contributed by atoms with Gasteiger partial charge in [0, 0.05) is 31.9 Å². The number of hydrogen-bond acceptors (Lipinski definition) is 5. The molecule has 0 radical (unpaired) electrons. The number of rotatable bonds is 7. The first-order valence-electron chi connectivity index (χ1n) is 11.9. The molecule has 3 heterocycles. The highest BCUT2D eigenvalue weighted by Crippen LogP contribution is 2.20. The summed E-state index contributed by atoms with van der Waals surface area (Å²) >= 11 is 0. The number of ether oxygens (including phenoxy) is 1. The van der Waals surface area contributed by atoms with E-state index in [1.165, 1.54) is 0 Å². The van der Waals surface area contributed by atoms with Crippen molar-refractivity contribution in [1.82, 2.24) is 24.4 Å². The van der Waals surface area contributed by atoms with Crippen LogP contribution in [0.3, 0.4) is 0 Å². The predicted octanol–water partition coefficient (Wildman–Crippen LogP) is 1.15. The minimum absolute atomic E-state index is 0.199. The third-order valence-corrected chi connectivity index (χ3v) is 6.03. The maximum atomic E-state index is 12.7. The van der Waals surface area contributed by atoms with Crippen molar-refractivity contribution in [2.24, 2.45) is 0 Å². The Kier molecular flexibility index (Phi) is 7.59. The van der Waals surface area contributed by atoms with Gasteiger partial charge in [0.1, 0.15) is 10.7 Å². The minimum Gasteiger partial charge on any atom is -0.376 e. The standard InChI is InChI=1S/C26H33N5O3/c1-18(2)24-21(27-17-31(24)11-7-10-30-12-13-34-19(3)16-30)15-23-26(33)28-22(25(32)29-23)14-20-8-5-4-6-9-20/h4-6,8-9,14-15,17-19H,7,10-13,16H2,1-3H3,(H,28,33)(H,29,32)/b22-14-,23-15-. The number of aromatic amines is 2. The Labute approximate surface area is 198 Å². The van der Waals surface area contributed by atoms with Crippen molar-refractivity contribution in [3.63, 3.8) is 0 Å². The van der Waals surface area contributed by atoms with Crippen LogP contribution >= 0.6 is 0 Å². The lowest BCUT2D eigenvalue weighted by molar-refractivity contribution is -0.0187. The van der Waals surface area contributed by atoms with Crippen LogP contribution in [-0.4, -0.2) is 56.8 Å². The average molecular weight is 464 g/mol. The third kappa shape index (κ3) is 5.81. The van der Waals surface area contributed by atoms with E-state index < -0.39 is 0 Å². The number of H-pyrrole nitrogens is 2. The van der Waals surface area contributed by atoms with Crippen LogP contribution in [0.25, 0.3) is 12.2 Å². The van der Waals surface area contributed by atoms with Crippen molar-refractivity contribution in [1.29, 1.82) is 0 Å². The van der Waals surface area contributed by atoms with E-state index in [-0.39, 0.29) is 33.8 Å². The number of nitrogens with one attached hydrogen (secondary N) is 2. The van der Waals surface area contributed by atoms with Gasteiger partial charge in [0.2, 0.25) is 0 Å². The summed E-state index contributed by atoms with van der Waals surface area (Å²) in [4.78, 5) is 37.8. The number of hydrogen-bond donors (Lipinski definition) is 2. The molecule has 3 aromatic rings. The second-order valence-electron chi connectivity index (χ2n) is 9.13. The normalized spacial score (nSPS) is 18.2. The molecule has 1 atom stereocenters. The molecule has 0 amide bonds. The molecule has 1 aliphatic heterocycles. The van der Waals surface area contributed by atoms with Gasteiger partial charge in [-0.15, -0.1) is 0 Å². The van der Waals surface area contributed by atoms with Crippen LogP contribution in [0.4, 0.5) is 0 Å². The second-order valence-corrected chi connectivity index (χ2v) is 9.13. The molecule has 0 spiro atoms. The van der Waals surface area contributed by atoms with Crippen LogP contribution in [0.15, 0.2) is 46.2 Å². The Bertz CT molecular complexity index is 1340. The number of aromatic nitrogens is 4. The van der Waals surface area contributed by atoms with Crippen molar-refractivity contribution in [3.05, 3.63) is 85.0 Å². The number of aryl methyl sites for hydroxylation is 1. The number of benzene rings is 1. The van der Waals surface area contributed by atoms with Crippen molar-refractivity contribution >= 4 is 12.2 Å². The molecule has 0 aliphatic carbocycles. The summed E-state index contributed by atoms with van der Waals surface area (Å²) in [6.45, 7) is 10.9. The molecule has 34 heavy (non-hydrogen) atoms. The van der Waals surface area contributed by atoms with Crippen LogP contribution in [0.5, 0.6) is 0 Å². The fourth-order valence-electron chi connectivity index (χ4n) is 4.43. The van der Waals surface area contributed by atoms with Gasteiger partial charge in [-0.2, -0.15) is 0 Å². The maximum absolute atomic E-state index is 12.7. The van der Waals surface area contributed by atoms with E-state index in [2.05, 4.69) is 45.2 Å². The number of morpholine rings is 1. The molecule has 1 fully saturated rings. The topological polar surface area (TPSA) is 96.0 Å². The monoisotopic (exact) mass is 463 g/mol. The van der Waals surface area contributed by atoms with Crippen LogP contribution in [0.2, 0.25) is 0 Å². The molecular weight excluding hydrogens is 430 g/mol. The molecule has 2 aromatic heterocycles. The van der Waals surface area contributed by atoms with E-state index in [9.17, 15) is 9.59 Å². The first kappa shape index (κ1) is 23.9. The molecule has 4 rings (SSSR count). The molecule has 1 aliphatic rings. The SMILES string of the molecule is CC1CN(CCCn2cnc(/C=c3\[nH]c(=O)/c(=C/c4ccccc4)[nH]c3=O)c2C(C)C)CCO1. The Morgan fingerprint density at radius 1 is 1.09 bits per heavy atom. The van der Waals surface area contributed by atoms with Gasteiger partial charge in [-0.05, 0) is 37.0 Å². The highest BCUT2D eigenvalue weighted by atomic mass is 16.5. The maximum Gasteiger partial charge on any atom is 0.272 e. The molecule has 8 nitrogen and oxygen atoms in total. The van der Waals surface area contributed by atoms with E-state index in [1.54, 1.807) is 12.2 Å². The van der Waals surface area contributed by atoms with Gasteiger partial charge in [-0.3, -0.25) is 14.5 Å². The summed E-state index contributed by atoms with van der Waals surface area (Å²) in [5.74, 6) is 0.216. The quantitative estimate of drug-likeness (QED) is 0.548. The molecule has 0 saturated carbocycles. The zero-order valence-corrected chi connectivity index (χ0v) is 20.1. The smallest absolute Gasteiger partial charge is 0.272 e. The van der Waals surface area contributed by atoms with Crippen LogP contribution in [0, 0.1) is 0 Å². The predicted molar refractivity (Wildman–Crippen MR) is 133 cm³/mol. The summed E-state index contributed by atoms with van der Waals surface area (Å²) in [7, 11) is 0. The number of imidazole rings is 1. The van der Waals surface area contributed by atoms with E-state index in [1.807, 2.05) is 36.7 Å². The van der Waals surface area contributed by atoms with Gasteiger partial charge >= 0.3 is 0 Å². The molecule has 0 bridgehead atoms. The lowest BCUT2D eigenvalue weighted by Crippen LogP contribution is -2.46. The molecular formula is C26H33N5O3. The Morgan fingerprint density at radius 3 is 2.47 bits per heavy atom. The van der Waals surface area contributed by atoms with Crippen molar-refractivity contribution in [3.8, 4) is 0 Å². The van der Waals surface area contributed by atoms with Gasteiger partial charge in [0.25, 0.3) is 11.1 Å². The van der Waals surface area contributed by atoms with E-state index >= 15 is 0 Å². The summed E-state index contributed by atoms with van der Waals surface area (Å²) in [6.07, 6.45) is 6.44. The van der Waals surface area contributed by atoms with Gasteiger partial charge in [0.15, 0.2) is 0 Å². The highest BCUT2D eigenvalue weighted by molar-refractivity contribution is 5.49. The Hall–Kier alpha value is -3.23. The van der Waals surface area contributed by atoms with Crippen LogP contribution in [0.1, 0.15) is 50.1 Å². The average Bonchev–Trinajstić information content (AvgIpc) is 3.20. The Balaban J connectivity index is 1.57. The zero-order chi connectivity index (χ0) is 24.1. The molecule has 2 N–H and O–H groups in total. The van der Waals surface area contributed by atoms with Crippen LogP contribution in [-0.2, 0) is 11.3 Å². The lowest BCUT2D eigenvalue weighted by atomic mass is 10.1. The molecule has 8 heteroatoms. The second kappa shape index (κ2) is 10.8. The van der Waals surface area contributed by atoms with E-state index in [4.69, 9.17) is 4.74 Å². The van der Waals surface area contributed by atoms with Crippen molar-refractivity contribution in [2.45, 2.75) is 45.8 Å². The van der Waals surface area contributed by atoms with Gasteiger partial charge in [0.05, 0.1) is 24.7 Å². The van der Waals surface area contributed by atoms with Gasteiger partial charge in [-0.25, -0.2) is 4.98 Å². The van der Waals surface area contributed by atoms with Crippen molar-refractivity contribution < 1.29 is 4.74 Å². The zero-order valence-electron chi connectivity index (χ0n) is 20.1. The lowest BCUT2D eigenvalue weighted by Gasteiger charge is -2.31. The Morgan fingerprint density at radius 2 is 1.79 bits per heavy atom. The van der Waals surface area contributed by atoms with Crippen LogP contribution < -0.4 is 21.8 Å². The van der Waals surface area contributed by atoms with E-state index in [0.717, 1.165) is 50.5 Å². The number of nitrogens with zero attached hydrogens (tertiary/aromatic N) is 3. The molecule has 1 aromatic carbocycles. The fourth-order valence-corrected chi connectivity index (χ4v) is 4.43. The summed E-state index contributed by atoms with van der Waals surface area (Å²) in [5, 5.41) is 0.421. The summed E-state index contributed by atoms with van der Waals surface area (Å²) in [6, 6.07) is 9.41. The largest absolute Gasteiger partial charge is 0.376 e. The molecule has 180 valence electrons. The minimum atomic E-state index is -0.354. The summed E-state index contributed by atoms with van der Waals surface area (Å²) in [5.41, 5.74) is 1.90. The first-order valence-corrected chi connectivity index (χ1v) is 11.9. The molecule has 1 unspecified atom stereocenters. The summed E-state index contributed by atoms with van der Waals surface area (Å²) < 4.78 is 7.78. The van der Waals surface area contributed by atoms with Gasteiger partial charge in [-0.1, -0.05) is 44.2 Å².